The lowest BCUT2D eigenvalue weighted by molar-refractivity contribution is -0.124. The molecule has 2 aliphatic heterocycles. The maximum absolute atomic E-state index is 12.6. The van der Waals surface area contributed by atoms with Gasteiger partial charge in [-0.1, -0.05) is 0 Å². The predicted molar refractivity (Wildman–Crippen MR) is 93.3 cm³/mol. The van der Waals surface area contributed by atoms with Gasteiger partial charge in [-0.2, -0.15) is 0 Å². The molecule has 1 aromatic heterocycles. The molecule has 4 rings (SSSR count). The molecule has 1 aromatic rings. The number of nitrogens with zero attached hydrogens (tertiary/aromatic N) is 2. The van der Waals surface area contributed by atoms with Crippen LogP contribution in [0.1, 0.15) is 37.7 Å². The van der Waals surface area contributed by atoms with Gasteiger partial charge in [0.05, 0.1) is 0 Å². The average Bonchev–Trinajstić information content (AvgIpc) is 3.31. The first kappa shape index (κ1) is 16.0. The highest BCUT2D eigenvalue weighted by molar-refractivity contribution is 5.82. The minimum atomic E-state index is 0.287. The van der Waals surface area contributed by atoms with Gasteiger partial charge in [0.25, 0.3) is 0 Å². The molecule has 1 spiro atoms. The Hall–Kier alpha value is -1.46. The molecule has 0 radical (unpaired) electrons. The number of nitrogens with one attached hydrogen (secondary N) is 2. The van der Waals surface area contributed by atoms with E-state index >= 15 is 0 Å². The zero-order chi connectivity index (χ0) is 16.4. The number of amides is 1. The van der Waals surface area contributed by atoms with Crippen LogP contribution in [0, 0.1) is 11.3 Å². The molecule has 1 saturated carbocycles. The first-order chi connectivity index (χ1) is 11.8. The predicted octanol–water partition coefficient (Wildman–Crippen LogP) is 1.55. The highest BCUT2D eigenvalue weighted by Crippen LogP contribution is 2.58. The monoisotopic (exact) mass is 328 g/mol. The first-order valence-electron chi connectivity index (χ1n) is 9.38. The van der Waals surface area contributed by atoms with Gasteiger partial charge in [-0.15, -0.1) is 0 Å². The van der Waals surface area contributed by atoms with E-state index in [0.29, 0.717) is 17.4 Å². The molecule has 0 bridgehead atoms. The number of carbonyl (C=O) groups is 1. The summed E-state index contributed by atoms with van der Waals surface area (Å²) >= 11 is 0. The summed E-state index contributed by atoms with van der Waals surface area (Å²) in [6, 6.07) is 4.53. The molecule has 3 fully saturated rings. The van der Waals surface area contributed by atoms with Crippen molar-refractivity contribution in [2.45, 2.75) is 44.7 Å². The Bertz CT molecular complexity index is 562. The van der Waals surface area contributed by atoms with E-state index in [1.54, 1.807) is 0 Å². The Morgan fingerprint density at radius 2 is 1.96 bits per heavy atom. The molecule has 5 heteroatoms. The van der Waals surface area contributed by atoms with Gasteiger partial charge < -0.3 is 10.6 Å². The summed E-state index contributed by atoms with van der Waals surface area (Å²) in [6.07, 6.45) is 9.31. The molecule has 2 N–H and O–H groups in total. The van der Waals surface area contributed by atoms with E-state index in [2.05, 4.69) is 32.7 Å². The fourth-order valence-electron chi connectivity index (χ4n) is 4.48. The van der Waals surface area contributed by atoms with Crippen molar-refractivity contribution in [3.8, 4) is 0 Å². The number of aromatic nitrogens is 1. The fraction of sp³-hybridized carbons (Fsp3) is 0.684. The van der Waals surface area contributed by atoms with Crippen LogP contribution in [0.5, 0.6) is 0 Å². The van der Waals surface area contributed by atoms with Crippen molar-refractivity contribution in [1.29, 1.82) is 0 Å². The summed E-state index contributed by atoms with van der Waals surface area (Å²) in [5, 5.41) is 6.75. The Morgan fingerprint density at radius 3 is 2.67 bits per heavy atom. The minimum Gasteiger partial charge on any atom is -0.353 e. The summed E-state index contributed by atoms with van der Waals surface area (Å²) < 4.78 is 0. The summed E-state index contributed by atoms with van der Waals surface area (Å²) in [7, 11) is 0. The van der Waals surface area contributed by atoms with E-state index < -0.39 is 0 Å². The second kappa shape index (κ2) is 6.81. The van der Waals surface area contributed by atoms with Crippen LogP contribution in [0.4, 0.5) is 0 Å². The summed E-state index contributed by atoms with van der Waals surface area (Å²) in [5.74, 6) is 0.610. The van der Waals surface area contributed by atoms with E-state index in [1.807, 2.05) is 12.4 Å². The smallest absolute Gasteiger partial charge is 0.223 e. The number of rotatable bonds is 4. The molecule has 1 unspecified atom stereocenters. The standard InChI is InChI=1S/C19H28N4O/c24-18(17-13-19(17)5-9-21-10-6-19)22-16-3-11-23(12-4-16)14-15-1-7-20-8-2-15/h1-2,7-8,16-17,21H,3-6,9-14H2,(H,22,24). The van der Waals surface area contributed by atoms with Gasteiger partial charge in [0.2, 0.25) is 5.91 Å². The number of likely N-dealkylation sites (tertiary alicyclic amines) is 1. The van der Waals surface area contributed by atoms with Crippen molar-refractivity contribution in [1.82, 2.24) is 20.5 Å². The van der Waals surface area contributed by atoms with Crippen LogP contribution in [0.25, 0.3) is 0 Å². The summed E-state index contributed by atoms with van der Waals surface area (Å²) in [6.45, 7) is 5.27. The van der Waals surface area contributed by atoms with Crippen LogP contribution in [0.2, 0.25) is 0 Å². The normalized spacial score (nSPS) is 27.1. The van der Waals surface area contributed by atoms with Crippen LogP contribution in [0.3, 0.4) is 0 Å². The fourth-order valence-corrected chi connectivity index (χ4v) is 4.48. The SMILES string of the molecule is O=C(NC1CCN(Cc2ccncc2)CC1)C1CC12CCNCC2. The van der Waals surface area contributed by atoms with Gasteiger partial charge in [0.1, 0.15) is 0 Å². The molecular formula is C19H28N4O. The van der Waals surface area contributed by atoms with Gasteiger partial charge in [-0.05, 0) is 68.3 Å². The van der Waals surface area contributed by atoms with E-state index in [0.717, 1.165) is 52.0 Å². The van der Waals surface area contributed by atoms with Gasteiger partial charge in [-0.3, -0.25) is 14.7 Å². The zero-order valence-corrected chi connectivity index (χ0v) is 14.3. The molecule has 1 amide bonds. The topological polar surface area (TPSA) is 57.3 Å². The van der Waals surface area contributed by atoms with Gasteiger partial charge in [0, 0.05) is 44.0 Å². The van der Waals surface area contributed by atoms with Gasteiger partial charge >= 0.3 is 0 Å². The van der Waals surface area contributed by atoms with Crippen molar-refractivity contribution in [3.05, 3.63) is 30.1 Å². The molecule has 3 heterocycles. The number of hydrogen-bond acceptors (Lipinski definition) is 4. The quantitative estimate of drug-likeness (QED) is 0.880. The van der Waals surface area contributed by atoms with Crippen molar-refractivity contribution >= 4 is 5.91 Å². The van der Waals surface area contributed by atoms with Gasteiger partial charge in [-0.25, -0.2) is 0 Å². The maximum atomic E-state index is 12.6. The molecule has 5 nitrogen and oxygen atoms in total. The molecule has 1 aliphatic carbocycles. The lowest BCUT2D eigenvalue weighted by Crippen LogP contribution is -2.45. The average molecular weight is 328 g/mol. The third-order valence-corrected chi connectivity index (χ3v) is 6.20. The van der Waals surface area contributed by atoms with Crippen molar-refractivity contribution in [2.75, 3.05) is 26.2 Å². The Kier molecular flexibility index (Phi) is 4.55. The Balaban J connectivity index is 1.21. The van der Waals surface area contributed by atoms with E-state index in [-0.39, 0.29) is 5.92 Å². The Morgan fingerprint density at radius 1 is 1.25 bits per heavy atom. The van der Waals surface area contributed by atoms with Crippen LogP contribution in [0.15, 0.2) is 24.5 Å². The highest BCUT2D eigenvalue weighted by Gasteiger charge is 2.57. The second-order valence-electron chi connectivity index (χ2n) is 7.78. The summed E-state index contributed by atoms with van der Waals surface area (Å²) in [4.78, 5) is 19.1. The van der Waals surface area contributed by atoms with Crippen molar-refractivity contribution < 1.29 is 4.79 Å². The Labute approximate surface area is 144 Å². The second-order valence-corrected chi connectivity index (χ2v) is 7.78. The largest absolute Gasteiger partial charge is 0.353 e. The molecule has 130 valence electrons. The lowest BCUT2D eigenvalue weighted by atomic mass is 9.91. The molecule has 24 heavy (non-hydrogen) atoms. The molecule has 1 atom stereocenters. The van der Waals surface area contributed by atoms with Crippen LogP contribution in [-0.4, -0.2) is 48.0 Å². The van der Waals surface area contributed by atoms with Crippen molar-refractivity contribution in [3.63, 3.8) is 0 Å². The number of carbonyl (C=O) groups excluding carboxylic acids is 1. The van der Waals surface area contributed by atoms with Crippen LogP contribution < -0.4 is 10.6 Å². The maximum Gasteiger partial charge on any atom is 0.223 e. The third kappa shape index (κ3) is 3.47. The van der Waals surface area contributed by atoms with E-state index in [4.69, 9.17) is 0 Å². The summed E-state index contributed by atoms with van der Waals surface area (Å²) in [5.41, 5.74) is 1.66. The minimum absolute atomic E-state index is 0.287. The van der Waals surface area contributed by atoms with Gasteiger partial charge in [0.15, 0.2) is 0 Å². The first-order valence-corrected chi connectivity index (χ1v) is 9.38. The zero-order valence-electron chi connectivity index (χ0n) is 14.3. The van der Waals surface area contributed by atoms with Crippen molar-refractivity contribution in [2.24, 2.45) is 11.3 Å². The highest BCUT2D eigenvalue weighted by atomic mass is 16.2. The lowest BCUT2D eigenvalue weighted by Gasteiger charge is -2.32. The number of hydrogen-bond donors (Lipinski definition) is 2. The van der Waals surface area contributed by atoms with E-state index in [9.17, 15) is 4.79 Å². The third-order valence-electron chi connectivity index (χ3n) is 6.20. The molecule has 3 aliphatic rings. The van der Waals surface area contributed by atoms with Crippen LogP contribution >= 0.6 is 0 Å². The van der Waals surface area contributed by atoms with Crippen LogP contribution in [-0.2, 0) is 11.3 Å². The molecular weight excluding hydrogens is 300 g/mol. The number of piperidine rings is 2. The molecule has 0 aromatic carbocycles. The molecule has 2 saturated heterocycles. The number of pyridine rings is 1. The van der Waals surface area contributed by atoms with E-state index in [1.165, 1.54) is 18.4 Å².